The fourth-order valence-electron chi connectivity index (χ4n) is 7.48. The first kappa shape index (κ1) is 76.7. The Hall–Kier alpha value is 0.421. The van der Waals surface area contributed by atoms with E-state index in [1.54, 1.807) is 85.3 Å². The first-order chi connectivity index (χ1) is 34.7. The maximum Gasteiger partial charge on any atom is 0.500 e. The molecule has 0 aromatic rings. The van der Waals surface area contributed by atoms with Gasteiger partial charge in [-0.1, -0.05) is 0 Å². The normalized spacial score (nSPS) is 12.8. The molecule has 72 heavy (non-hydrogen) atoms. The van der Waals surface area contributed by atoms with Gasteiger partial charge in [0, 0.05) is 174 Å². The van der Waals surface area contributed by atoms with Gasteiger partial charge < -0.3 is 101 Å². The Morgan fingerprint density at radius 1 is 0.208 bits per heavy atom. The first-order valence-electron chi connectivity index (χ1n) is 26.0. The fourth-order valence-corrected chi connectivity index (χ4v) is 19.6. The molecule has 0 bridgehead atoms. The van der Waals surface area contributed by atoms with Gasteiger partial charge in [0.15, 0.2) is 0 Å². The van der Waals surface area contributed by atoms with Gasteiger partial charge in [0.1, 0.15) is 0 Å². The Morgan fingerprint density at radius 2 is 0.347 bits per heavy atom. The van der Waals surface area contributed by atoms with E-state index < -0.39 is 52.8 Å². The van der Waals surface area contributed by atoms with E-state index in [0.717, 1.165) is 127 Å². The maximum absolute atomic E-state index is 5.89. The summed E-state index contributed by atoms with van der Waals surface area (Å²) in [6.45, 7) is 23.0. The second-order valence-corrected chi connectivity index (χ2v) is 33.6. The summed E-state index contributed by atoms with van der Waals surface area (Å²) in [7, 11) is 4.95. The van der Waals surface area contributed by atoms with E-state index in [-0.39, 0.29) is 0 Å². The molecular formula is C44H110N4O18Si6. The van der Waals surface area contributed by atoms with Crippen LogP contribution in [0.25, 0.3) is 0 Å². The van der Waals surface area contributed by atoms with Crippen LogP contribution < -0.4 is 21.3 Å². The zero-order chi connectivity index (χ0) is 54.9. The predicted molar refractivity (Wildman–Crippen MR) is 296 cm³/mol. The number of nitrogens with one attached hydrogen (secondary N) is 4. The highest BCUT2D eigenvalue weighted by Crippen LogP contribution is 2.21. The minimum Gasteiger partial charge on any atom is -0.377 e. The Morgan fingerprint density at radius 3 is 0.486 bits per heavy atom. The van der Waals surface area contributed by atoms with Gasteiger partial charge in [-0.2, -0.15) is 0 Å². The van der Waals surface area contributed by atoms with E-state index >= 15 is 0 Å². The molecule has 0 saturated heterocycles. The second kappa shape index (κ2) is 49.7. The van der Waals surface area contributed by atoms with Gasteiger partial charge >= 0.3 is 52.8 Å². The van der Waals surface area contributed by atoms with Crippen LogP contribution in [0.5, 0.6) is 0 Å². The zero-order valence-corrected chi connectivity index (χ0v) is 54.7. The van der Waals surface area contributed by atoms with Crippen LogP contribution in [0.1, 0.15) is 80.1 Å². The molecule has 22 nitrogen and oxygen atoms in total. The zero-order valence-electron chi connectivity index (χ0n) is 48.7. The number of hydrogen-bond donors (Lipinski definition) is 4. The number of hydrogen-bond acceptors (Lipinski definition) is 22. The standard InChI is InChI=1S/C18H43NO6Si2.C14H36N2O6Si2.C12H31NO6Si2/c1-7-20-26(21-8-2,22-9-3)17-13-15-19-16-14-18-27(23-10-4,24-11-5)25-12-6;1-17-23(18-2,19-3)13-7-9-15-11-12-16-10-8-14-24(20-4,21-5)22-6;1-14-20(15-2,16-3)11-7-9-13-10-8-12-21(17-4,18-5)19-6/h19H,7-18H2,1-6H3;15-16H,7-14H2,1-6H3;13H,7-12H2,1-6H3. The van der Waals surface area contributed by atoms with E-state index in [2.05, 4.69) is 21.3 Å². The molecule has 28 heteroatoms. The van der Waals surface area contributed by atoms with Gasteiger partial charge in [-0.15, -0.1) is 0 Å². The number of rotatable bonds is 51. The summed E-state index contributed by atoms with van der Waals surface area (Å²) < 4.78 is 99.9. The van der Waals surface area contributed by atoms with Crippen molar-refractivity contribution in [1.29, 1.82) is 0 Å². The highest BCUT2D eigenvalue weighted by Gasteiger charge is 2.42. The van der Waals surface area contributed by atoms with Crippen molar-refractivity contribution in [3.8, 4) is 0 Å². The Labute approximate surface area is 445 Å². The van der Waals surface area contributed by atoms with E-state index in [9.17, 15) is 0 Å². The third-order valence-electron chi connectivity index (χ3n) is 11.4. The lowest BCUT2D eigenvalue weighted by molar-refractivity contribution is 0.0705. The van der Waals surface area contributed by atoms with Crippen LogP contribution in [0.4, 0.5) is 0 Å². The third-order valence-corrected chi connectivity index (χ3v) is 29.0. The van der Waals surface area contributed by atoms with Gasteiger partial charge in [-0.05, 0) is 119 Å². The van der Waals surface area contributed by atoms with Crippen molar-refractivity contribution in [3.63, 3.8) is 0 Å². The Bertz CT molecular complexity index is 1000. The molecule has 0 heterocycles. The van der Waals surface area contributed by atoms with Gasteiger partial charge in [-0.3, -0.25) is 0 Å². The van der Waals surface area contributed by atoms with Gasteiger partial charge in [0.2, 0.25) is 0 Å². The van der Waals surface area contributed by atoms with Crippen LogP contribution in [-0.2, 0) is 79.7 Å². The van der Waals surface area contributed by atoms with Crippen molar-refractivity contribution in [2.24, 2.45) is 0 Å². The summed E-state index contributed by atoms with van der Waals surface area (Å²) in [5.74, 6) is 0. The molecule has 0 aliphatic rings. The monoisotopic (exact) mass is 1150 g/mol. The Balaban J connectivity index is -0.000001000. The van der Waals surface area contributed by atoms with Crippen LogP contribution in [0.2, 0.25) is 36.3 Å². The van der Waals surface area contributed by atoms with Crippen LogP contribution in [0.3, 0.4) is 0 Å². The summed E-state index contributed by atoms with van der Waals surface area (Å²) in [5.41, 5.74) is 0. The molecule has 0 saturated carbocycles. The minimum atomic E-state index is -2.52. The molecule has 0 aliphatic heterocycles. The molecule has 0 spiro atoms. The maximum atomic E-state index is 5.89. The summed E-state index contributed by atoms with van der Waals surface area (Å²) in [6, 6.07) is 4.91. The van der Waals surface area contributed by atoms with Crippen molar-refractivity contribution in [2.45, 2.75) is 116 Å². The van der Waals surface area contributed by atoms with E-state index in [1.807, 2.05) is 41.5 Å². The van der Waals surface area contributed by atoms with Crippen molar-refractivity contribution in [1.82, 2.24) is 21.3 Å². The molecule has 0 amide bonds. The minimum absolute atomic E-state index is 0.624. The summed E-state index contributed by atoms with van der Waals surface area (Å²) in [4.78, 5) is 0. The summed E-state index contributed by atoms with van der Waals surface area (Å²) in [6.07, 6.45) is 5.76. The quantitative estimate of drug-likeness (QED) is 0.0451. The van der Waals surface area contributed by atoms with Gasteiger partial charge in [0.05, 0.1) is 0 Å². The SMILES string of the molecule is CCO[Si](CCCNCCC[Si](OCC)(OCC)OCC)(OCC)OCC.CO[Si](CCCNCCC[Si](OC)(OC)OC)(OC)OC.CO[Si](CCCNCCNCCC[Si](OC)(OC)OC)(OC)OC. The van der Waals surface area contributed by atoms with Crippen molar-refractivity contribution in [3.05, 3.63) is 0 Å². The average molecular weight is 1150 g/mol. The lowest BCUT2D eigenvalue weighted by atomic mass is 10.4. The molecule has 438 valence electrons. The summed E-state index contributed by atoms with van der Waals surface area (Å²) in [5, 5.41) is 13.7. The van der Waals surface area contributed by atoms with Gasteiger partial charge in [-0.25, -0.2) is 0 Å². The van der Waals surface area contributed by atoms with E-state index in [1.165, 1.54) is 0 Å². The average Bonchev–Trinajstić information content (AvgIpc) is 3.40. The van der Waals surface area contributed by atoms with Crippen LogP contribution in [0.15, 0.2) is 0 Å². The molecule has 0 atom stereocenters. The van der Waals surface area contributed by atoms with E-state index in [0.29, 0.717) is 39.6 Å². The molecule has 0 rings (SSSR count). The molecule has 0 aliphatic carbocycles. The van der Waals surface area contributed by atoms with Crippen molar-refractivity contribution >= 4 is 52.8 Å². The smallest absolute Gasteiger partial charge is 0.377 e. The molecule has 0 fully saturated rings. The van der Waals surface area contributed by atoms with Crippen molar-refractivity contribution < 1.29 is 79.7 Å². The largest absolute Gasteiger partial charge is 0.500 e. The van der Waals surface area contributed by atoms with Gasteiger partial charge in [0.25, 0.3) is 0 Å². The van der Waals surface area contributed by atoms with Crippen LogP contribution in [0, 0.1) is 0 Å². The highest BCUT2D eigenvalue weighted by atomic mass is 28.4. The third kappa shape index (κ3) is 34.3. The van der Waals surface area contributed by atoms with Crippen molar-refractivity contribution in [2.75, 3.05) is 177 Å². The molecule has 0 unspecified atom stereocenters. The Kier molecular flexibility index (Phi) is 52.9. The summed E-state index contributed by atoms with van der Waals surface area (Å²) >= 11 is 0. The molecule has 0 aromatic carbocycles. The highest BCUT2D eigenvalue weighted by molar-refractivity contribution is 6.62. The molecule has 4 N–H and O–H groups in total. The van der Waals surface area contributed by atoms with E-state index in [4.69, 9.17) is 79.7 Å². The lowest BCUT2D eigenvalue weighted by Gasteiger charge is -2.29. The fraction of sp³-hybridized carbons (Fsp3) is 1.00. The molecule has 0 aromatic heterocycles. The molecular weight excluding hydrogens is 1040 g/mol. The topological polar surface area (TPSA) is 214 Å². The molecule has 0 radical (unpaired) electrons. The van der Waals surface area contributed by atoms with Crippen LogP contribution >= 0.6 is 0 Å². The first-order valence-corrected chi connectivity index (χ1v) is 37.6. The second-order valence-electron chi connectivity index (χ2n) is 15.8. The predicted octanol–water partition coefficient (Wildman–Crippen LogP) is 5.27. The van der Waals surface area contributed by atoms with Crippen LogP contribution in [-0.4, -0.2) is 230 Å². The lowest BCUT2D eigenvalue weighted by Crippen LogP contribution is -2.46.